The number of anilines is 1. The Bertz CT molecular complexity index is 360. The molecule has 92 valence electrons. The average molecular weight is 234 g/mol. The Labute approximate surface area is 102 Å². The van der Waals surface area contributed by atoms with Gasteiger partial charge in [0.1, 0.15) is 5.75 Å². The van der Waals surface area contributed by atoms with Crippen LogP contribution >= 0.6 is 0 Å². The lowest BCUT2D eigenvalue weighted by Crippen LogP contribution is -2.29. The zero-order valence-corrected chi connectivity index (χ0v) is 10.0. The van der Waals surface area contributed by atoms with Crippen LogP contribution in [0.5, 0.6) is 5.75 Å². The molecule has 0 aliphatic heterocycles. The minimum atomic E-state index is -0.0567. The van der Waals surface area contributed by atoms with Crippen molar-refractivity contribution in [1.29, 1.82) is 0 Å². The summed E-state index contributed by atoms with van der Waals surface area (Å²) in [6.45, 7) is 6.86. The summed E-state index contributed by atoms with van der Waals surface area (Å²) in [5, 5.41) is 5.71. The number of carbonyl (C=O) groups is 1. The molecule has 0 saturated carbocycles. The number of ether oxygens (including phenoxy) is 1. The quantitative estimate of drug-likeness (QED) is 0.707. The zero-order chi connectivity index (χ0) is 12.5. The maximum absolute atomic E-state index is 11.3. The van der Waals surface area contributed by atoms with Crippen molar-refractivity contribution in [2.75, 3.05) is 25.0 Å². The summed E-state index contributed by atoms with van der Waals surface area (Å²) in [5.74, 6) is 0.771. The fourth-order valence-electron chi connectivity index (χ4n) is 1.27. The largest absolute Gasteiger partial charge is 0.494 e. The maximum atomic E-state index is 11.3. The summed E-state index contributed by atoms with van der Waals surface area (Å²) in [5.41, 5.74) is 0.891. The molecule has 1 aromatic carbocycles. The van der Waals surface area contributed by atoms with Gasteiger partial charge in [0.15, 0.2) is 0 Å². The van der Waals surface area contributed by atoms with Crippen LogP contribution in [-0.2, 0) is 4.79 Å². The van der Waals surface area contributed by atoms with E-state index < -0.39 is 0 Å². The van der Waals surface area contributed by atoms with Gasteiger partial charge in [-0.1, -0.05) is 6.08 Å². The van der Waals surface area contributed by atoms with E-state index in [0.29, 0.717) is 13.2 Å². The standard InChI is InChI=1S/C13H18N2O2/c1-3-9-14-13(16)10-15-11-5-7-12(8-6-11)17-4-2/h3,5-8,15H,1,4,9-10H2,2H3,(H,14,16). The lowest BCUT2D eigenvalue weighted by atomic mass is 10.3. The fraction of sp³-hybridized carbons (Fsp3) is 0.308. The van der Waals surface area contributed by atoms with E-state index in [9.17, 15) is 4.79 Å². The van der Waals surface area contributed by atoms with Gasteiger partial charge in [0.25, 0.3) is 0 Å². The van der Waals surface area contributed by atoms with Crippen molar-refractivity contribution in [3.8, 4) is 5.75 Å². The number of nitrogens with one attached hydrogen (secondary N) is 2. The molecule has 0 radical (unpaired) electrons. The first kappa shape index (κ1) is 13.1. The molecule has 4 heteroatoms. The van der Waals surface area contributed by atoms with E-state index in [1.807, 2.05) is 31.2 Å². The molecule has 2 N–H and O–H groups in total. The molecule has 1 aromatic rings. The highest BCUT2D eigenvalue weighted by Crippen LogP contribution is 2.15. The Morgan fingerprint density at radius 1 is 1.41 bits per heavy atom. The number of benzene rings is 1. The Kier molecular flexibility index (Phi) is 5.64. The van der Waals surface area contributed by atoms with Crippen molar-refractivity contribution >= 4 is 11.6 Å². The van der Waals surface area contributed by atoms with Crippen LogP contribution in [-0.4, -0.2) is 25.6 Å². The molecule has 0 fully saturated rings. The molecule has 17 heavy (non-hydrogen) atoms. The Morgan fingerprint density at radius 3 is 2.71 bits per heavy atom. The second-order valence-electron chi connectivity index (χ2n) is 3.40. The van der Waals surface area contributed by atoms with Crippen LogP contribution in [0.25, 0.3) is 0 Å². The highest BCUT2D eigenvalue weighted by atomic mass is 16.5. The van der Waals surface area contributed by atoms with Crippen LogP contribution in [0.1, 0.15) is 6.92 Å². The van der Waals surface area contributed by atoms with Gasteiger partial charge in [-0.05, 0) is 31.2 Å². The highest BCUT2D eigenvalue weighted by molar-refractivity contribution is 5.80. The van der Waals surface area contributed by atoms with Crippen molar-refractivity contribution in [3.63, 3.8) is 0 Å². The van der Waals surface area contributed by atoms with Gasteiger partial charge in [-0.3, -0.25) is 4.79 Å². The molecule has 1 rings (SSSR count). The third-order valence-corrected chi connectivity index (χ3v) is 2.06. The molecular formula is C13H18N2O2. The second kappa shape index (κ2) is 7.33. The summed E-state index contributed by atoms with van der Waals surface area (Å²) in [7, 11) is 0. The third-order valence-electron chi connectivity index (χ3n) is 2.06. The van der Waals surface area contributed by atoms with Crippen molar-refractivity contribution < 1.29 is 9.53 Å². The molecule has 0 aliphatic rings. The van der Waals surface area contributed by atoms with Gasteiger partial charge >= 0.3 is 0 Å². The predicted molar refractivity (Wildman–Crippen MR) is 69.3 cm³/mol. The van der Waals surface area contributed by atoms with E-state index in [0.717, 1.165) is 11.4 Å². The predicted octanol–water partition coefficient (Wildman–Crippen LogP) is 1.80. The average Bonchev–Trinajstić information content (AvgIpc) is 2.36. The van der Waals surface area contributed by atoms with Gasteiger partial charge in [-0.2, -0.15) is 0 Å². The molecule has 4 nitrogen and oxygen atoms in total. The number of hydrogen-bond donors (Lipinski definition) is 2. The summed E-state index contributed by atoms with van der Waals surface area (Å²) >= 11 is 0. The van der Waals surface area contributed by atoms with Crippen molar-refractivity contribution in [3.05, 3.63) is 36.9 Å². The molecule has 0 atom stereocenters. The molecule has 0 unspecified atom stereocenters. The molecule has 0 spiro atoms. The summed E-state index contributed by atoms with van der Waals surface area (Å²) in [6, 6.07) is 7.50. The summed E-state index contributed by atoms with van der Waals surface area (Å²) in [6.07, 6.45) is 1.65. The smallest absolute Gasteiger partial charge is 0.239 e. The normalized spacial score (nSPS) is 9.47. The van der Waals surface area contributed by atoms with Gasteiger partial charge in [-0.15, -0.1) is 6.58 Å². The number of carbonyl (C=O) groups excluding carboxylic acids is 1. The molecular weight excluding hydrogens is 216 g/mol. The van der Waals surface area contributed by atoms with Crippen LogP contribution in [0, 0.1) is 0 Å². The lowest BCUT2D eigenvalue weighted by Gasteiger charge is -2.07. The van der Waals surface area contributed by atoms with E-state index in [1.54, 1.807) is 6.08 Å². The molecule has 0 aromatic heterocycles. The summed E-state index contributed by atoms with van der Waals surface area (Å²) in [4.78, 5) is 11.3. The van der Waals surface area contributed by atoms with Gasteiger partial charge in [0.2, 0.25) is 5.91 Å². The molecule has 1 amide bonds. The highest BCUT2D eigenvalue weighted by Gasteiger charge is 1.99. The Morgan fingerprint density at radius 2 is 2.12 bits per heavy atom. The SMILES string of the molecule is C=CCNC(=O)CNc1ccc(OCC)cc1. The van der Waals surface area contributed by atoms with Gasteiger partial charge < -0.3 is 15.4 Å². The first-order valence-corrected chi connectivity index (χ1v) is 5.60. The number of hydrogen-bond acceptors (Lipinski definition) is 3. The Balaban J connectivity index is 2.36. The molecule has 0 bridgehead atoms. The van der Waals surface area contributed by atoms with Gasteiger partial charge in [-0.25, -0.2) is 0 Å². The van der Waals surface area contributed by atoms with Crippen molar-refractivity contribution in [2.24, 2.45) is 0 Å². The molecule has 0 saturated heterocycles. The lowest BCUT2D eigenvalue weighted by molar-refractivity contribution is -0.119. The van der Waals surface area contributed by atoms with Crippen LogP contribution in [0.4, 0.5) is 5.69 Å². The maximum Gasteiger partial charge on any atom is 0.239 e. The van der Waals surface area contributed by atoms with E-state index >= 15 is 0 Å². The fourth-order valence-corrected chi connectivity index (χ4v) is 1.27. The molecule has 0 heterocycles. The third kappa shape index (κ3) is 5.06. The zero-order valence-electron chi connectivity index (χ0n) is 10.0. The van der Waals surface area contributed by atoms with Crippen LogP contribution in [0.15, 0.2) is 36.9 Å². The first-order valence-electron chi connectivity index (χ1n) is 5.60. The first-order chi connectivity index (χ1) is 8.26. The topological polar surface area (TPSA) is 50.4 Å². The van der Waals surface area contributed by atoms with E-state index in [1.165, 1.54) is 0 Å². The summed E-state index contributed by atoms with van der Waals surface area (Å²) < 4.78 is 5.32. The van der Waals surface area contributed by atoms with E-state index in [4.69, 9.17) is 4.74 Å². The van der Waals surface area contributed by atoms with Crippen LogP contribution in [0.3, 0.4) is 0 Å². The van der Waals surface area contributed by atoms with Crippen molar-refractivity contribution in [1.82, 2.24) is 5.32 Å². The van der Waals surface area contributed by atoms with E-state index in [-0.39, 0.29) is 12.5 Å². The second-order valence-corrected chi connectivity index (χ2v) is 3.40. The van der Waals surface area contributed by atoms with E-state index in [2.05, 4.69) is 17.2 Å². The minimum absolute atomic E-state index is 0.0567. The van der Waals surface area contributed by atoms with Crippen molar-refractivity contribution in [2.45, 2.75) is 6.92 Å². The van der Waals surface area contributed by atoms with Gasteiger partial charge in [0, 0.05) is 12.2 Å². The minimum Gasteiger partial charge on any atom is -0.494 e. The molecule has 0 aliphatic carbocycles. The number of rotatable bonds is 7. The monoisotopic (exact) mass is 234 g/mol. The van der Waals surface area contributed by atoms with Gasteiger partial charge in [0.05, 0.1) is 13.2 Å². The number of amides is 1. The Hall–Kier alpha value is -1.97. The van der Waals surface area contributed by atoms with Crippen LogP contribution < -0.4 is 15.4 Å². The van der Waals surface area contributed by atoms with Crippen LogP contribution in [0.2, 0.25) is 0 Å².